The molecule has 0 aliphatic rings. The summed E-state index contributed by atoms with van der Waals surface area (Å²) >= 11 is 0. The molecule has 0 unspecified atom stereocenters. The predicted octanol–water partition coefficient (Wildman–Crippen LogP) is 3.10. The van der Waals surface area contributed by atoms with Gasteiger partial charge in [0.1, 0.15) is 0 Å². The van der Waals surface area contributed by atoms with Crippen LogP contribution in [0.15, 0.2) is 48.8 Å². The standard InChI is InChI=1S/C16H15NO2/c1-2-12-5-7-13(8-6-12)15(18)10-16(19)14-4-3-9-17-11-14/h3-9,11H,2,10H2,1H3. The Kier molecular flexibility index (Phi) is 4.18. The lowest BCUT2D eigenvalue weighted by atomic mass is 10.0. The molecule has 0 saturated carbocycles. The molecule has 0 aliphatic carbocycles. The number of nitrogens with zero attached hydrogens (tertiary/aromatic N) is 1. The second-order valence-corrected chi connectivity index (χ2v) is 4.32. The maximum absolute atomic E-state index is 12.0. The molecule has 0 saturated heterocycles. The van der Waals surface area contributed by atoms with Gasteiger partial charge >= 0.3 is 0 Å². The Morgan fingerprint density at radius 3 is 2.26 bits per heavy atom. The first kappa shape index (κ1) is 13.1. The predicted molar refractivity (Wildman–Crippen MR) is 73.3 cm³/mol. The van der Waals surface area contributed by atoms with Crippen molar-refractivity contribution in [1.29, 1.82) is 0 Å². The summed E-state index contributed by atoms with van der Waals surface area (Å²) in [5.41, 5.74) is 2.23. The quantitative estimate of drug-likeness (QED) is 0.607. The van der Waals surface area contributed by atoms with Crippen molar-refractivity contribution in [3.05, 3.63) is 65.5 Å². The lowest BCUT2D eigenvalue weighted by Gasteiger charge is -2.02. The molecule has 0 radical (unpaired) electrons. The van der Waals surface area contributed by atoms with E-state index in [1.807, 2.05) is 12.1 Å². The largest absolute Gasteiger partial charge is 0.294 e. The van der Waals surface area contributed by atoms with Gasteiger partial charge in [0.05, 0.1) is 6.42 Å². The van der Waals surface area contributed by atoms with Gasteiger partial charge in [-0.05, 0) is 24.1 Å². The molecule has 3 nitrogen and oxygen atoms in total. The molecule has 1 heterocycles. The van der Waals surface area contributed by atoms with Crippen molar-refractivity contribution in [2.24, 2.45) is 0 Å². The monoisotopic (exact) mass is 253 g/mol. The number of carbonyl (C=O) groups is 2. The Morgan fingerprint density at radius 1 is 1.00 bits per heavy atom. The molecular weight excluding hydrogens is 238 g/mol. The fraction of sp³-hybridized carbons (Fsp3) is 0.188. The van der Waals surface area contributed by atoms with E-state index in [0.29, 0.717) is 11.1 Å². The normalized spacial score (nSPS) is 10.2. The molecule has 96 valence electrons. The Morgan fingerprint density at radius 2 is 1.68 bits per heavy atom. The van der Waals surface area contributed by atoms with E-state index >= 15 is 0 Å². The molecule has 1 aromatic heterocycles. The fourth-order valence-electron chi connectivity index (χ4n) is 1.80. The van der Waals surface area contributed by atoms with Gasteiger partial charge in [-0.15, -0.1) is 0 Å². The molecule has 0 atom stereocenters. The smallest absolute Gasteiger partial charge is 0.172 e. The maximum atomic E-state index is 12.0. The summed E-state index contributed by atoms with van der Waals surface area (Å²) in [6.07, 6.45) is 3.90. The second-order valence-electron chi connectivity index (χ2n) is 4.32. The van der Waals surface area contributed by atoms with Crippen molar-refractivity contribution >= 4 is 11.6 Å². The minimum absolute atomic E-state index is 0.114. The van der Waals surface area contributed by atoms with Crippen LogP contribution in [0.4, 0.5) is 0 Å². The summed E-state index contributed by atoms with van der Waals surface area (Å²) in [5.74, 6) is -0.353. The highest BCUT2D eigenvalue weighted by atomic mass is 16.1. The third-order valence-corrected chi connectivity index (χ3v) is 2.99. The highest BCUT2D eigenvalue weighted by molar-refractivity contribution is 6.13. The van der Waals surface area contributed by atoms with Gasteiger partial charge in [0.15, 0.2) is 11.6 Å². The number of rotatable bonds is 5. The molecule has 3 heteroatoms. The average molecular weight is 253 g/mol. The second kappa shape index (κ2) is 6.05. The van der Waals surface area contributed by atoms with E-state index < -0.39 is 0 Å². The third kappa shape index (κ3) is 3.35. The van der Waals surface area contributed by atoms with Crippen molar-refractivity contribution < 1.29 is 9.59 Å². The van der Waals surface area contributed by atoms with Crippen molar-refractivity contribution in [1.82, 2.24) is 4.98 Å². The van der Waals surface area contributed by atoms with Gasteiger partial charge in [0.25, 0.3) is 0 Å². The van der Waals surface area contributed by atoms with Crippen LogP contribution in [0.2, 0.25) is 0 Å². The lowest BCUT2D eigenvalue weighted by Crippen LogP contribution is -2.08. The van der Waals surface area contributed by atoms with Gasteiger partial charge < -0.3 is 0 Å². The molecule has 0 N–H and O–H groups in total. The van der Waals surface area contributed by atoms with Crippen molar-refractivity contribution in [3.63, 3.8) is 0 Å². The lowest BCUT2D eigenvalue weighted by molar-refractivity contribution is 0.0894. The zero-order valence-electron chi connectivity index (χ0n) is 10.8. The number of hydrogen-bond acceptors (Lipinski definition) is 3. The Balaban J connectivity index is 2.06. The number of benzene rings is 1. The average Bonchev–Trinajstić information content (AvgIpc) is 2.48. The minimum Gasteiger partial charge on any atom is -0.294 e. The Labute approximate surface area is 112 Å². The fourth-order valence-corrected chi connectivity index (χ4v) is 1.80. The minimum atomic E-state index is -0.197. The van der Waals surface area contributed by atoms with Gasteiger partial charge in [0.2, 0.25) is 0 Å². The van der Waals surface area contributed by atoms with Gasteiger partial charge in [0, 0.05) is 23.5 Å². The third-order valence-electron chi connectivity index (χ3n) is 2.99. The first-order valence-electron chi connectivity index (χ1n) is 6.26. The molecule has 19 heavy (non-hydrogen) atoms. The summed E-state index contributed by atoms with van der Waals surface area (Å²) in [4.78, 5) is 27.8. The van der Waals surface area contributed by atoms with Crippen molar-refractivity contribution in [2.45, 2.75) is 19.8 Å². The van der Waals surface area contributed by atoms with Crippen LogP contribution in [0.5, 0.6) is 0 Å². The van der Waals surface area contributed by atoms with E-state index in [4.69, 9.17) is 0 Å². The zero-order valence-corrected chi connectivity index (χ0v) is 10.8. The van der Waals surface area contributed by atoms with Crippen molar-refractivity contribution in [3.8, 4) is 0 Å². The van der Waals surface area contributed by atoms with Crippen molar-refractivity contribution in [2.75, 3.05) is 0 Å². The van der Waals surface area contributed by atoms with E-state index in [1.54, 1.807) is 30.5 Å². The van der Waals surface area contributed by atoms with Gasteiger partial charge in [-0.1, -0.05) is 31.2 Å². The number of aromatic nitrogens is 1. The van der Waals surface area contributed by atoms with Crippen LogP contribution in [0.3, 0.4) is 0 Å². The number of aryl methyl sites for hydroxylation is 1. The molecule has 0 amide bonds. The van der Waals surface area contributed by atoms with Gasteiger partial charge in [-0.25, -0.2) is 0 Å². The summed E-state index contributed by atoms with van der Waals surface area (Å²) in [6, 6.07) is 10.7. The number of ketones is 2. The Hall–Kier alpha value is -2.29. The molecular formula is C16H15NO2. The molecule has 0 bridgehead atoms. The molecule has 2 aromatic rings. The van der Waals surface area contributed by atoms with Crippen LogP contribution in [0.1, 0.15) is 39.6 Å². The summed E-state index contributed by atoms with van der Waals surface area (Å²) in [7, 11) is 0. The number of hydrogen-bond donors (Lipinski definition) is 0. The van der Waals surface area contributed by atoms with E-state index in [1.165, 1.54) is 11.8 Å². The van der Waals surface area contributed by atoms with E-state index in [0.717, 1.165) is 6.42 Å². The topological polar surface area (TPSA) is 47.0 Å². The first-order valence-corrected chi connectivity index (χ1v) is 6.26. The van der Waals surface area contributed by atoms with Gasteiger partial charge in [-0.3, -0.25) is 14.6 Å². The zero-order chi connectivity index (χ0) is 13.7. The first-order chi connectivity index (χ1) is 9.20. The Bertz CT molecular complexity index is 573. The SMILES string of the molecule is CCc1ccc(C(=O)CC(=O)c2cccnc2)cc1. The summed E-state index contributed by atoms with van der Waals surface area (Å²) in [5, 5.41) is 0. The number of carbonyl (C=O) groups excluding carboxylic acids is 2. The van der Waals surface area contributed by atoms with E-state index in [9.17, 15) is 9.59 Å². The number of pyridine rings is 1. The summed E-state index contributed by atoms with van der Waals surface area (Å²) < 4.78 is 0. The van der Waals surface area contributed by atoms with Crippen LogP contribution in [0.25, 0.3) is 0 Å². The highest BCUT2D eigenvalue weighted by Crippen LogP contribution is 2.10. The number of Topliss-reactive ketones (excluding diaryl/α,β-unsaturated/α-hetero) is 2. The highest BCUT2D eigenvalue weighted by Gasteiger charge is 2.13. The van der Waals surface area contributed by atoms with Crippen LogP contribution in [-0.2, 0) is 6.42 Å². The van der Waals surface area contributed by atoms with Crippen LogP contribution in [-0.4, -0.2) is 16.6 Å². The maximum Gasteiger partial charge on any atom is 0.172 e. The van der Waals surface area contributed by atoms with E-state index in [-0.39, 0.29) is 18.0 Å². The van der Waals surface area contributed by atoms with Crippen LogP contribution < -0.4 is 0 Å². The molecule has 2 rings (SSSR count). The van der Waals surface area contributed by atoms with E-state index in [2.05, 4.69) is 11.9 Å². The van der Waals surface area contributed by atoms with Crippen LogP contribution >= 0.6 is 0 Å². The molecule has 0 fully saturated rings. The van der Waals surface area contributed by atoms with Crippen LogP contribution in [0, 0.1) is 0 Å². The van der Waals surface area contributed by atoms with Gasteiger partial charge in [-0.2, -0.15) is 0 Å². The molecule has 1 aromatic carbocycles. The summed E-state index contributed by atoms with van der Waals surface area (Å²) in [6.45, 7) is 2.06. The molecule has 0 aliphatic heterocycles. The molecule has 0 spiro atoms.